The first-order valence-electron chi connectivity index (χ1n) is 9.97. The lowest BCUT2D eigenvalue weighted by Crippen LogP contribution is -2.43. The van der Waals surface area contributed by atoms with Crippen LogP contribution in [0.5, 0.6) is 0 Å². The minimum absolute atomic E-state index is 0.0362. The molecule has 5 nitrogen and oxygen atoms in total. The van der Waals surface area contributed by atoms with E-state index in [1.165, 1.54) is 16.5 Å². The molecule has 1 aliphatic rings. The van der Waals surface area contributed by atoms with Gasteiger partial charge in [-0.3, -0.25) is 0 Å². The molecule has 2 amide bonds. The molecule has 5 heteroatoms. The summed E-state index contributed by atoms with van der Waals surface area (Å²) < 4.78 is 0. The Morgan fingerprint density at radius 2 is 1.82 bits per heavy atom. The largest absolute Gasteiger partial charge is 0.378 e. The number of likely N-dealkylation sites (tertiary alicyclic amines) is 1. The van der Waals surface area contributed by atoms with Gasteiger partial charge in [-0.05, 0) is 48.1 Å². The molecule has 146 valence electrons. The van der Waals surface area contributed by atoms with Gasteiger partial charge in [0.05, 0.1) is 0 Å². The second-order valence-electron chi connectivity index (χ2n) is 7.77. The quantitative estimate of drug-likeness (QED) is 0.712. The summed E-state index contributed by atoms with van der Waals surface area (Å²) in [5.74, 6) is 0.513. The highest BCUT2D eigenvalue weighted by molar-refractivity contribution is 5.83. The zero-order chi connectivity index (χ0) is 19.5. The predicted octanol–water partition coefficient (Wildman–Crippen LogP) is 4.32. The number of piperidine rings is 1. The van der Waals surface area contributed by atoms with Gasteiger partial charge in [0.1, 0.15) is 0 Å². The van der Waals surface area contributed by atoms with Crippen LogP contribution < -0.4 is 10.2 Å². The molecule has 0 unspecified atom stereocenters. The lowest BCUT2D eigenvalue weighted by molar-refractivity contribution is 0.181. The lowest BCUT2D eigenvalue weighted by atomic mass is 9.89. The number of urea groups is 1. The third kappa shape index (κ3) is 3.84. The van der Waals surface area contributed by atoms with Gasteiger partial charge in [0, 0.05) is 56.5 Å². The van der Waals surface area contributed by atoms with E-state index in [4.69, 9.17) is 0 Å². The first kappa shape index (κ1) is 18.4. The first-order valence-corrected chi connectivity index (χ1v) is 9.97. The van der Waals surface area contributed by atoms with Crippen LogP contribution in [0, 0.1) is 0 Å². The summed E-state index contributed by atoms with van der Waals surface area (Å²) in [7, 11) is 4.05. The van der Waals surface area contributed by atoms with Crippen LogP contribution >= 0.6 is 0 Å². The first-order chi connectivity index (χ1) is 13.6. The van der Waals surface area contributed by atoms with Crippen molar-refractivity contribution in [2.24, 2.45) is 0 Å². The van der Waals surface area contributed by atoms with Gasteiger partial charge in [-0.25, -0.2) is 4.79 Å². The summed E-state index contributed by atoms with van der Waals surface area (Å²) in [6.45, 7) is 2.17. The van der Waals surface area contributed by atoms with Crippen LogP contribution in [0.3, 0.4) is 0 Å². The summed E-state index contributed by atoms with van der Waals surface area (Å²) >= 11 is 0. The molecule has 3 aromatic rings. The summed E-state index contributed by atoms with van der Waals surface area (Å²) in [6.07, 6.45) is 4.15. The van der Waals surface area contributed by atoms with Crippen molar-refractivity contribution in [3.8, 4) is 0 Å². The van der Waals surface area contributed by atoms with Gasteiger partial charge >= 0.3 is 6.03 Å². The molecule has 0 atom stereocenters. The third-order valence-electron chi connectivity index (χ3n) is 5.74. The number of carbonyl (C=O) groups is 1. The Morgan fingerprint density at radius 1 is 1.11 bits per heavy atom. The topological polar surface area (TPSA) is 51.4 Å². The number of nitrogens with one attached hydrogen (secondary N) is 2. The van der Waals surface area contributed by atoms with Crippen molar-refractivity contribution in [1.29, 1.82) is 0 Å². The molecule has 1 aliphatic heterocycles. The van der Waals surface area contributed by atoms with Gasteiger partial charge in [0.25, 0.3) is 0 Å². The Labute approximate surface area is 166 Å². The SMILES string of the molecule is CN(C)c1ccc(CNC(=O)N2CCC(c3c[nH]c4ccccc34)CC2)cc1. The minimum atomic E-state index is 0.0362. The molecule has 2 heterocycles. The van der Waals surface area contributed by atoms with E-state index in [-0.39, 0.29) is 6.03 Å². The molecular formula is C23H28N4O. The molecular weight excluding hydrogens is 348 g/mol. The van der Waals surface area contributed by atoms with E-state index in [1.807, 2.05) is 19.0 Å². The minimum Gasteiger partial charge on any atom is -0.378 e. The van der Waals surface area contributed by atoms with Crippen molar-refractivity contribution in [2.45, 2.75) is 25.3 Å². The summed E-state index contributed by atoms with van der Waals surface area (Å²) in [4.78, 5) is 19.9. The number of amides is 2. The standard InChI is InChI=1S/C23H28N4O/c1-26(2)19-9-7-17(8-10-19)15-25-23(28)27-13-11-18(12-14-27)21-16-24-22-6-4-3-5-20(21)22/h3-10,16,18,24H,11-15H2,1-2H3,(H,25,28). The molecule has 0 spiro atoms. The van der Waals surface area contributed by atoms with Crippen molar-refractivity contribution in [3.05, 3.63) is 65.9 Å². The fraction of sp³-hybridized carbons (Fsp3) is 0.348. The highest BCUT2D eigenvalue weighted by atomic mass is 16.2. The molecule has 1 fully saturated rings. The van der Waals surface area contributed by atoms with E-state index >= 15 is 0 Å². The number of nitrogens with zero attached hydrogens (tertiary/aromatic N) is 2. The number of para-hydroxylation sites is 1. The van der Waals surface area contributed by atoms with Crippen molar-refractivity contribution in [1.82, 2.24) is 15.2 Å². The predicted molar refractivity (Wildman–Crippen MR) is 115 cm³/mol. The average molecular weight is 377 g/mol. The molecule has 0 saturated carbocycles. The highest BCUT2D eigenvalue weighted by Gasteiger charge is 2.25. The Kier molecular flexibility index (Phi) is 5.24. The van der Waals surface area contributed by atoms with E-state index < -0.39 is 0 Å². The number of anilines is 1. The lowest BCUT2D eigenvalue weighted by Gasteiger charge is -2.32. The molecule has 0 aliphatic carbocycles. The zero-order valence-corrected chi connectivity index (χ0v) is 16.6. The Bertz CT molecular complexity index is 937. The number of carbonyl (C=O) groups excluding carboxylic acids is 1. The maximum absolute atomic E-state index is 12.6. The smallest absolute Gasteiger partial charge is 0.317 e. The van der Waals surface area contributed by atoms with E-state index in [9.17, 15) is 4.79 Å². The number of hydrogen-bond donors (Lipinski definition) is 2. The second kappa shape index (κ2) is 7.97. The van der Waals surface area contributed by atoms with Gasteiger partial charge in [0.2, 0.25) is 0 Å². The fourth-order valence-electron chi connectivity index (χ4n) is 4.03. The van der Waals surface area contributed by atoms with Gasteiger partial charge in [-0.15, -0.1) is 0 Å². The highest BCUT2D eigenvalue weighted by Crippen LogP contribution is 2.33. The Morgan fingerprint density at radius 3 is 2.54 bits per heavy atom. The number of rotatable bonds is 4. The van der Waals surface area contributed by atoms with Gasteiger partial charge in [0.15, 0.2) is 0 Å². The third-order valence-corrected chi connectivity index (χ3v) is 5.74. The normalized spacial score (nSPS) is 15.0. The zero-order valence-electron chi connectivity index (χ0n) is 16.6. The number of aromatic amines is 1. The Balaban J connectivity index is 1.30. The van der Waals surface area contributed by atoms with Crippen LogP contribution in [0.2, 0.25) is 0 Å². The number of hydrogen-bond acceptors (Lipinski definition) is 2. The van der Waals surface area contributed by atoms with Crippen LogP contribution in [-0.4, -0.2) is 43.1 Å². The molecule has 1 aromatic heterocycles. The van der Waals surface area contributed by atoms with Gasteiger partial charge in [-0.2, -0.15) is 0 Å². The van der Waals surface area contributed by atoms with E-state index in [0.717, 1.165) is 37.2 Å². The molecule has 1 saturated heterocycles. The molecule has 28 heavy (non-hydrogen) atoms. The molecule has 2 N–H and O–H groups in total. The van der Waals surface area contributed by atoms with Crippen molar-refractivity contribution in [2.75, 3.05) is 32.1 Å². The molecule has 4 rings (SSSR count). The molecule has 2 aromatic carbocycles. The van der Waals surface area contributed by atoms with Crippen molar-refractivity contribution < 1.29 is 4.79 Å². The van der Waals surface area contributed by atoms with Gasteiger partial charge in [-0.1, -0.05) is 30.3 Å². The molecule has 0 bridgehead atoms. The maximum Gasteiger partial charge on any atom is 0.317 e. The Hall–Kier alpha value is -2.95. The van der Waals surface area contributed by atoms with Gasteiger partial charge < -0.3 is 20.1 Å². The second-order valence-corrected chi connectivity index (χ2v) is 7.77. The number of fused-ring (bicyclic) bond motifs is 1. The van der Waals surface area contributed by atoms with Crippen LogP contribution in [0.1, 0.15) is 29.9 Å². The number of H-pyrrole nitrogens is 1. The maximum atomic E-state index is 12.6. The van der Waals surface area contributed by atoms with Crippen LogP contribution in [-0.2, 0) is 6.54 Å². The van der Waals surface area contributed by atoms with Crippen LogP contribution in [0.25, 0.3) is 10.9 Å². The van der Waals surface area contributed by atoms with Crippen LogP contribution in [0.4, 0.5) is 10.5 Å². The molecule has 0 radical (unpaired) electrons. The van der Waals surface area contributed by atoms with E-state index in [2.05, 4.69) is 69.9 Å². The number of benzene rings is 2. The fourth-order valence-corrected chi connectivity index (χ4v) is 4.03. The van der Waals surface area contributed by atoms with E-state index in [0.29, 0.717) is 12.5 Å². The number of aromatic nitrogens is 1. The van der Waals surface area contributed by atoms with Crippen LogP contribution in [0.15, 0.2) is 54.7 Å². The van der Waals surface area contributed by atoms with Crippen molar-refractivity contribution in [3.63, 3.8) is 0 Å². The average Bonchev–Trinajstić information content (AvgIpc) is 3.16. The van der Waals surface area contributed by atoms with Crippen molar-refractivity contribution >= 4 is 22.6 Å². The van der Waals surface area contributed by atoms with E-state index in [1.54, 1.807) is 0 Å². The summed E-state index contributed by atoms with van der Waals surface area (Å²) in [5.41, 5.74) is 4.86. The monoisotopic (exact) mass is 376 g/mol. The summed E-state index contributed by atoms with van der Waals surface area (Å²) in [6, 6.07) is 16.8. The summed E-state index contributed by atoms with van der Waals surface area (Å²) in [5, 5.41) is 4.38.